The summed E-state index contributed by atoms with van der Waals surface area (Å²) < 4.78 is 7.26. The van der Waals surface area contributed by atoms with Gasteiger partial charge in [0.1, 0.15) is 5.82 Å². The zero-order chi connectivity index (χ0) is 16.8. The average Bonchev–Trinajstić information content (AvgIpc) is 3.24. The highest BCUT2D eigenvalue weighted by atomic mass is 16.5. The van der Waals surface area contributed by atoms with Gasteiger partial charge in [-0.1, -0.05) is 5.16 Å². The SMILES string of the molecule is Cc1nc2cncc(N3CCN(Cc4nc(C5CC5)no4)CC3)n2n1. The maximum absolute atomic E-state index is 5.39. The molecule has 9 heteroatoms. The molecule has 0 N–H and O–H groups in total. The Balaban J connectivity index is 1.25. The fourth-order valence-electron chi connectivity index (χ4n) is 3.29. The van der Waals surface area contributed by atoms with Crippen LogP contribution in [0.4, 0.5) is 5.82 Å². The van der Waals surface area contributed by atoms with Crippen LogP contribution < -0.4 is 4.90 Å². The maximum Gasteiger partial charge on any atom is 0.240 e. The molecule has 25 heavy (non-hydrogen) atoms. The molecule has 5 rings (SSSR count). The van der Waals surface area contributed by atoms with Crippen molar-refractivity contribution >= 4 is 11.5 Å². The van der Waals surface area contributed by atoms with Gasteiger partial charge in [-0.05, 0) is 19.8 Å². The lowest BCUT2D eigenvalue weighted by molar-refractivity contribution is 0.214. The molecule has 0 unspecified atom stereocenters. The second-order valence-corrected chi connectivity index (χ2v) is 6.78. The molecular weight excluding hydrogens is 320 g/mol. The van der Waals surface area contributed by atoms with Crippen LogP contribution >= 0.6 is 0 Å². The fourth-order valence-corrected chi connectivity index (χ4v) is 3.29. The van der Waals surface area contributed by atoms with Crippen LogP contribution in [0.5, 0.6) is 0 Å². The molecule has 2 fully saturated rings. The summed E-state index contributed by atoms with van der Waals surface area (Å²) in [5, 5.41) is 8.57. The first-order valence-electron chi connectivity index (χ1n) is 8.73. The van der Waals surface area contributed by atoms with E-state index < -0.39 is 0 Å². The van der Waals surface area contributed by atoms with Gasteiger partial charge in [-0.2, -0.15) is 9.50 Å². The summed E-state index contributed by atoms with van der Waals surface area (Å²) in [6, 6.07) is 0. The molecule has 0 amide bonds. The quantitative estimate of drug-likeness (QED) is 0.695. The van der Waals surface area contributed by atoms with E-state index >= 15 is 0 Å². The summed E-state index contributed by atoms with van der Waals surface area (Å²) >= 11 is 0. The van der Waals surface area contributed by atoms with Crippen molar-refractivity contribution < 1.29 is 4.52 Å². The smallest absolute Gasteiger partial charge is 0.240 e. The van der Waals surface area contributed by atoms with E-state index in [0.29, 0.717) is 5.92 Å². The summed E-state index contributed by atoms with van der Waals surface area (Å²) in [7, 11) is 0. The van der Waals surface area contributed by atoms with Gasteiger partial charge >= 0.3 is 0 Å². The molecule has 4 heterocycles. The number of aromatic nitrogens is 6. The van der Waals surface area contributed by atoms with Crippen molar-refractivity contribution in [3.05, 3.63) is 29.9 Å². The molecule has 1 aliphatic carbocycles. The second-order valence-electron chi connectivity index (χ2n) is 6.78. The maximum atomic E-state index is 5.39. The molecule has 130 valence electrons. The molecule has 1 aliphatic heterocycles. The molecule has 1 saturated heterocycles. The van der Waals surface area contributed by atoms with E-state index in [1.807, 2.05) is 17.6 Å². The standard InChI is InChI=1S/C16H20N8O/c1-11-18-13-8-17-9-15(24(13)20-11)23-6-4-22(5-7-23)10-14-19-16(21-25-14)12-2-3-12/h8-9,12H,2-7,10H2,1H3. The van der Waals surface area contributed by atoms with Crippen LogP contribution in [0.25, 0.3) is 5.65 Å². The third kappa shape index (κ3) is 2.84. The Bertz CT molecular complexity index is 891. The lowest BCUT2D eigenvalue weighted by Gasteiger charge is -2.34. The van der Waals surface area contributed by atoms with Gasteiger partial charge in [0.2, 0.25) is 5.89 Å². The van der Waals surface area contributed by atoms with Crippen LogP contribution in [0, 0.1) is 6.92 Å². The number of anilines is 1. The van der Waals surface area contributed by atoms with Crippen molar-refractivity contribution in [1.82, 2.24) is 34.6 Å². The van der Waals surface area contributed by atoms with Crippen molar-refractivity contribution in [1.29, 1.82) is 0 Å². The molecule has 1 saturated carbocycles. The van der Waals surface area contributed by atoms with Gasteiger partial charge in [-0.3, -0.25) is 9.88 Å². The number of aryl methyl sites for hydroxylation is 1. The minimum absolute atomic E-state index is 0.536. The predicted molar refractivity (Wildman–Crippen MR) is 89.3 cm³/mol. The minimum Gasteiger partial charge on any atom is -0.353 e. The van der Waals surface area contributed by atoms with Crippen LogP contribution in [0.3, 0.4) is 0 Å². The van der Waals surface area contributed by atoms with Gasteiger partial charge in [-0.15, -0.1) is 5.10 Å². The Morgan fingerprint density at radius 2 is 1.96 bits per heavy atom. The molecule has 9 nitrogen and oxygen atoms in total. The summed E-state index contributed by atoms with van der Waals surface area (Å²) in [5.41, 5.74) is 0.788. The third-order valence-electron chi connectivity index (χ3n) is 4.82. The van der Waals surface area contributed by atoms with Crippen LogP contribution in [-0.4, -0.2) is 60.8 Å². The monoisotopic (exact) mass is 340 g/mol. The highest BCUT2D eigenvalue weighted by Crippen LogP contribution is 2.38. The molecule has 3 aromatic rings. The van der Waals surface area contributed by atoms with Crippen molar-refractivity contribution in [3.8, 4) is 0 Å². The summed E-state index contributed by atoms with van der Waals surface area (Å²) in [6.07, 6.45) is 5.99. The lowest BCUT2D eigenvalue weighted by Crippen LogP contribution is -2.46. The molecule has 0 aromatic carbocycles. The predicted octanol–water partition coefficient (Wildman–Crippen LogP) is 1.02. The topological polar surface area (TPSA) is 88.5 Å². The van der Waals surface area contributed by atoms with Gasteiger partial charge in [-0.25, -0.2) is 4.98 Å². The average molecular weight is 340 g/mol. The normalized spacial score (nSPS) is 19.0. The number of fused-ring (bicyclic) bond motifs is 1. The van der Waals surface area contributed by atoms with Gasteiger partial charge in [0.05, 0.1) is 18.9 Å². The molecule has 3 aromatic heterocycles. The molecule has 0 radical (unpaired) electrons. The highest BCUT2D eigenvalue weighted by Gasteiger charge is 2.29. The first kappa shape index (κ1) is 14.8. The zero-order valence-corrected chi connectivity index (χ0v) is 14.2. The molecule has 2 aliphatic rings. The van der Waals surface area contributed by atoms with E-state index in [9.17, 15) is 0 Å². The van der Waals surface area contributed by atoms with Crippen LogP contribution in [0.15, 0.2) is 16.9 Å². The number of nitrogens with zero attached hydrogens (tertiary/aromatic N) is 8. The van der Waals surface area contributed by atoms with Crippen molar-refractivity contribution in [2.24, 2.45) is 0 Å². The lowest BCUT2D eigenvalue weighted by atomic mass is 10.3. The first-order valence-corrected chi connectivity index (χ1v) is 8.73. The van der Waals surface area contributed by atoms with Crippen molar-refractivity contribution in [2.45, 2.75) is 32.2 Å². The molecule has 0 bridgehead atoms. The number of piperazine rings is 1. The van der Waals surface area contributed by atoms with Crippen molar-refractivity contribution in [2.75, 3.05) is 31.1 Å². The Labute approximate surface area is 144 Å². The minimum atomic E-state index is 0.536. The summed E-state index contributed by atoms with van der Waals surface area (Å²) in [4.78, 5) is 17.9. The van der Waals surface area contributed by atoms with Crippen molar-refractivity contribution in [3.63, 3.8) is 0 Å². The second kappa shape index (κ2) is 5.76. The Morgan fingerprint density at radius 1 is 1.12 bits per heavy atom. The Morgan fingerprint density at radius 3 is 2.76 bits per heavy atom. The van der Waals surface area contributed by atoms with Crippen LogP contribution in [0.2, 0.25) is 0 Å². The summed E-state index contributed by atoms with van der Waals surface area (Å²) in [6.45, 7) is 6.30. The van der Waals surface area contributed by atoms with E-state index in [0.717, 1.165) is 61.7 Å². The third-order valence-corrected chi connectivity index (χ3v) is 4.82. The van der Waals surface area contributed by atoms with Gasteiger partial charge in [0.15, 0.2) is 17.3 Å². The largest absolute Gasteiger partial charge is 0.353 e. The molecule has 0 atom stereocenters. The summed E-state index contributed by atoms with van der Waals surface area (Å²) in [5.74, 6) is 3.90. The van der Waals surface area contributed by atoms with Gasteiger partial charge in [0, 0.05) is 32.1 Å². The van der Waals surface area contributed by atoms with E-state index in [2.05, 4.69) is 35.0 Å². The number of rotatable bonds is 4. The van der Waals surface area contributed by atoms with E-state index in [-0.39, 0.29) is 0 Å². The Hall–Kier alpha value is -2.55. The Kier molecular flexibility index (Phi) is 3.40. The fraction of sp³-hybridized carbons (Fsp3) is 0.562. The highest BCUT2D eigenvalue weighted by molar-refractivity contribution is 5.47. The zero-order valence-electron chi connectivity index (χ0n) is 14.2. The van der Waals surface area contributed by atoms with E-state index in [1.54, 1.807) is 6.20 Å². The van der Waals surface area contributed by atoms with Crippen LogP contribution in [-0.2, 0) is 6.54 Å². The van der Waals surface area contributed by atoms with E-state index in [4.69, 9.17) is 4.52 Å². The first-order chi connectivity index (χ1) is 12.3. The number of hydrogen-bond acceptors (Lipinski definition) is 8. The van der Waals surface area contributed by atoms with E-state index in [1.165, 1.54) is 12.8 Å². The molecular formula is C16H20N8O. The number of hydrogen-bond donors (Lipinski definition) is 0. The van der Waals surface area contributed by atoms with Gasteiger partial charge < -0.3 is 9.42 Å². The van der Waals surface area contributed by atoms with Crippen LogP contribution in [0.1, 0.15) is 36.3 Å². The van der Waals surface area contributed by atoms with Gasteiger partial charge in [0.25, 0.3) is 0 Å². The molecule has 0 spiro atoms.